The van der Waals surface area contributed by atoms with Gasteiger partial charge in [0.2, 0.25) is 5.91 Å². The van der Waals surface area contributed by atoms with Gasteiger partial charge < -0.3 is 10.2 Å². The second-order valence-electron chi connectivity index (χ2n) is 7.47. The van der Waals surface area contributed by atoms with Crippen LogP contribution in [0.5, 0.6) is 0 Å². The molecule has 1 aliphatic heterocycles. The number of halogens is 2. The Hall–Kier alpha value is -3.35. The molecule has 30 heavy (non-hydrogen) atoms. The highest BCUT2D eigenvalue weighted by atomic mass is 19.2. The van der Waals surface area contributed by atoms with E-state index in [0.717, 1.165) is 34.8 Å². The fourth-order valence-corrected chi connectivity index (χ4v) is 3.69. The van der Waals surface area contributed by atoms with Crippen LogP contribution in [0, 0.1) is 24.5 Å². The van der Waals surface area contributed by atoms with Crippen LogP contribution in [0.1, 0.15) is 18.4 Å². The van der Waals surface area contributed by atoms with E-state index >= 15 is 0 Å². The molecule has 0 bridgehead atoms. The van der Waals surface area contributed by atoms with Gasteiger partial charge in [0.25, 0.3) is 0 Å². The van der Waals surface area contributed by atoms with Crippen molar-refractivity contribution in [3.05, 3.63) is 71.8 Å². The summed E-state index contributed by atoms with van der Waals surface area (Å²) in [6.45, 7) is 3.39. The molecule has 0 unspecified atom stereocenters. The van der Waals surface area contributed by atoms with E-state index in [9.17, 15) is 13.6 Å². The first kappa shape index (κ1) is 19.9. The molecule has 5 nitrogen and oxygen atoms in total. The zero-order valence-electron chi connectivity index (χ0n) is 16.6. The van der Waals surface area contributed by atoms with Gasteiger partial charge in [0, 0.05) is 36.3 Å². The number of anilines is 2. The summed E-state index contributed by atoms with van der Waals surface area (Å²) in [5.41, 5.74) is 3.30. The second-order valence-corrected chi connectivity index (χ2v) is 7.47. The molecular formula is C23H22F2N4O. The first-order chi connectivity index (χ1) is 14.5. The van der Waals surface area contributed by atoms with Crippen molar-refractivity contribution in [3.8, 4) is 11.3 Å². The molecular weight excluding hydrogens is 386 g/mol. The number of hydrogen-bond donors (Lipinski definition) is 1. The third-order valence-corrected chi connectivity index (χ3v) is 5.45. The topological polar surface area (TPSA) is 58.1 Å². The highest BCUT2D eigenvalue weighted by Crippen LogP contribution is 2.25. The Morgan fingerprint density at radius 1 is 1.00 bits per heavy atom. The molecule has 7 heteroatoms. The number of aryl methyl sites for hydroxylation is 1. The van der Waals surface area contributed by atoms with Crippen molar-refractivity contribution < 1.29 is 13.6 Å². The Balaban J connectivity index is 1.35. The maximum Gasteiger partial charge on any atom is 0.227 e. The van der Waals surface area contributed by atoms with Gasteiger partial charge in [-0.1, -0.05) is 24.3 Å². The Morgan fingerprint density at radius 3 is 2.43 bits per heavy atom. The lowest BCUT2D eigenvalue weighted by Crippen LogP contribution is -2.38. The quantitative estimate of drug-likeness (QED) is 0.686. The van der Waals surface area contributed by atoms with Crippen LogP contribution in [0.25, 0.3) is 11.3 Å². The van der Waals surface area contributed by atoms with Gasteiger partial charge in [-0.25, -0.2) is 8.78 Å². The number of hydrogen-bond acceptors (Lipinski definition) is 4. The standard InChI is InChI=1S/C23H22F2N4O/c1-15-4-2-3-5-18(15)21-8-9-22(28-27-21)29-12-10-16(11-13-29)23(30)26-17-6-7-19(24)20(25)14-17/h2-9,14,16H,10-13H2,1H3,(H,26,30). The van der Waals surface area contributed by atoms with Crippen molar-refractivity contribution in [2.45, 2.75) is 19.8 Å². The summed E-state index contributed by atoms with van der Waals surface area (Å²) in [6.07, 6.45) is 1.30. The number of rotatable bonds is 4. The van der Waals surface area contributed by atoms with Gasteiger partial charge in [0.15, 0.2) is 17.5 Å². The SMILES string of the molecule is Cc1ccccc1-c1ccc(N2CCC(C(=O)Nc3ccc(F)c(F)c3)CC2)nn1. The molecule has 4 rings (SSSR count). The van der Waals surface area contributed by atoms with Crippen LogP contribution in [-0.4, -0.2) is 29.2 Å². The van der Waals surface area contributed by atoms with Crippen molar-refractivity contribution in [1.29, 1.82) is 0 Å². The maximum atomic E-state index is 13.3. The molecule has 0 spiro atoms. The van der Waals surface area contributed by atoms with E-state index in [0.29, 0.717) is 25.9 Å². The molecule has 0 radical (unpaired) electrons. The molecule has 1 aromatic heterocycles. The lowest BCUT2D eigenvalue weighted by atomic mass is 9.95. The third kappa shape index (κ3) is 4.30. The molecule has 3 aromatic rings. The van der Waals surface area contributed by atoms with Crippen molar-refractivity contribution in [1.82, 2.24) is 10.2 Å². The Bertz CT molecular complexity index is 1050. The minimum absolute atomic E-state index is 0.179. The van der Waals surface area contributed by atoms with Crippen molar-refractivity contribution >= 4 is 17.4 Å². The molecule has 2 heterocycles. The smallest absolute Gasteiger partial charge is 0.227 e. The summed E-state index contributed by atoms with van der Waals surface area (Å²) in [5, 5.41) is 11.4. The number of benzene rings is 2. The van der Waals surface area contributed by atoms with Gasteiger partial charge in [0.05, 0.1) is 5.69 Å². The lowest BCUT2D eigenvalue weighted by Gasteiger charge is -2.31. The van der Waals surface area contributed by atoms with Crippen molar-refractivity contribution in [2.75, 3.05) is 23.3 Å². The monoisotopic (exact) mass is 408 g/mol. The Morgan fingerprint density at radius 2 is 1.77 bits per heavy atom. The van der Waals surface area contributed by atoms with Crippen LogP contribution in [-0.2, 0) is 4.79 Å². The first-order valence-electron chi connectivity index (χ1n) is 9.92. The summed E-state index contributed by atoms with van der Waals surface area (Å²) >= 11 is 0. The lowest BCUT2D eigenvalue weighted by molar-refractivity contribution is -0.120. The van der Waals surface area contributed by atoms with E-state index in [2.05, 4.69) is 20.4 Å². The molecule has 2 aromatic carbocycles. The summed E-state index contributed by atoms with van der Waals surface area (Å²) in [7, 11) is 0. The van der Waals surface area contributed by atoms with E-state index in [-0.39, 0.29) is 17.5 Å². The van der Waals surface area contributed by atoms with Crippen LogP contribution in [0.4, 0.5) is 20.3 Å². The molecule has 0 atom stereocenters. The molecule has 0 saturated carbocycles. The normalized spacial score (nSPS) is 14.6. The molecule has 0 aliphatic carbocycles. The third-order valence-electron chi connectivity index (χ3n) is 5.45. The summed E-state index contributed by atoms with van der Waals surface area (Å²) in [6, 6.07) is 15.3. The van der Waals surface area contributed by atoms with Crippen LogP contribution in [0.3, 0.4) is 0 Å². The fourth-order valence-electron chi connectivity index (χ4n) is 3.69. The molecule has 1 amide bonds. The highest BCUT2D eigenvalue weighted by Gasteiger charge is 2.26. The predicted molar refractivity (Wildman–Crippen MR) is 112 cm³/mol. The van der Waals surface area contributed by atoms with E-state index in [4.69, 9.17) is 0 Å². The minimum atomic E-state index is -0.977. The van der Waals surface area contributed by atoms with Gasteiger partial charge in [0.1, 0.15) is 0 Å². The van der Waals surface area contributed by atoms with Gasteiger partial charge in [-0.15, -0.1) is 10.2 Å². The van der Waals surface area contributed by atoms with Crippen LogP contribution < -0.4 is 10.2 Å². The van der Waals surface area contributed by atoms with Gasteiger partial charge in [-0.2, -0.15) is 0 Å². The predicted octanol–water partition coefficient (Wildman–Crippen LogP) is 4.59. The van der Waals surface area contributed by atoms with E-state index in [1.807, 2.05) is 43.3 Å². The highest BCUT2D eigenvalue weighted by molar-refractivity contribution is 5.92. The number of piperidine rings is 1. The number of amides is 1. The fraction of sp³-hybridized carbons (Fsp3) is 0.261. The Kier molecular flexibility index (Phi) is 5.70. The van der Waals surface area contributed by atoms with Crippen LogP contribution in [0.15, 0.2) is 54.6 Å². The van der Waals surface area contributed by atoms with Crippen LogP contribution in [0.2, 0.25) is 0 Å². The molecule has 154 valence electrons. The second kappa shape index (κ2) is 8.57. The molecule has 1 N–H and O–H groups in total. The van der Waals surface area contributed by atoms with Gasteiger partial charge >= 0.3 is 0 Å². The summed E-state index contributed by atoms with van der Waals surface area (Å²) in [5.74, 6) is -1.49. The number of nitrogens with one attached hydrogen (secondary N) is 1. The van der Waals surface area contributed by atoms with E-state index in [1.165, 1.54) is 6.07 Å². The number of nitrogens with zero attached hydrogens (tertiary/aromatic N) is 3. The average molecular weight is 408 g/mol. The summed E-state index contributed by atoms with van der Waals surface area (Å²) < 4.78 is 26.4. The van der Waals surface area contributed by atoms with Gasteiger partial charge in [-0.05, 0) is 49.6 Å². The zero-order valence-corrected chi connectivity index (χ0v) is 16.6. The molecule has 1 fully saturated rings. The first-order valence-corrected chi connectivity index (χ1v) is 9.92. The largest absolute Gasteiger partial charge is 0.355 e. The zero-order chi connectivity index (χ0) is 21.1. The van der Waals surface area contributed by atoms with E-state index < -0.39 is 11.6 Å². The number of carbonyl (C=O) groups is 1. The minimum Gasteiger partial charge on any atom is -0.355 e. The van der Waals surface area contributed by atoms with Crippen molar-refractivity contribution in [2.24, 2.45) is 5.92 Å². The van der Waals surface area contributed by atoms with Crippen molar-refractivity contribution in [3.63, 3.8) is 0 Å². The maximum absolute atomic E-state index is 13.3. The number of aromatic nitrogens is 2. The summed E-state index contributed by atoms with van der Waals surface area (Å²) in [4.78, 5) is 14.6. The van der Waals surface area contributed by atoms with E-state index in [1.54, 1.807) is 0 Å². The Labute approximate surface area is 173 Å². The average Bonchev–Trinajstić information content (AvgIpc) is 2.77. The van der Waals surface area contributed by atoms with Crippen LogP contribution >= 0.6 is 0 Å². The molecule has 1 aliphatic rings. The molecule has 1 saturated heterocycles. The van der Waals surface area contributed by atoms with Gasteiger partial charge in [-0.3, -0.25) is 4.79 Å². The number of carbonyl (C=O) groups excluding carboxylic acids is 1.